The summed E-state index contributed by atoms with van der Waals surface area (Å²) in [6.07, 6.45) is 8.06. The van der Waals surface area contributed by atoms with Gasteiger partial charge in [-0.1, -0.05) is 11.6 Å². The molecule has 0 aromatic carbocycles. The molecule has 2 heterocycles. The number of nitrogens with one attached hydrogen (secondary N) is 1. The molecule has 2 aromatic heterocycles. The molecule has 7 nitrogen and oxygen atoms in total. The van der Waals surface area contributed by atoms with Gasteiger partial charge in [0.15, 0.2) is 0 Å². The Kier molecular flexibility index (Phi) is 5.39. The summed E-state index contributed by atoms with van der Waals surface area (Å²) in [5.74, 6) is -0.0992. The molecule has 2 aromatic rings. The summed E-state index contributed by atoms with van der Waals surface area (Å²) in [7, 11) is 4.92. The summed E-state index contributed by atoms with van der Waals surface area (Å²) in [5.41, 5.74) is 2.77. The molecular formula is C20H28N4O3. The maximum atomic E-state index is 12.7. The van der Waals surface area contributed by atoms with Crippen LogP contribution in [0.1, 0.15) is 43.4 Å². The lowest BCUT2D eigenvalue weighted by atomic mass is 9.97. The minimum atomic E-state index is -0.371. The lowest BCUT2D eigenvalue weighted by Gasteiger charge is -2.13. The molecule has 146 valence electrons. The molecule has 1 N–H and O–H groups in total. The van der Waals surface area contributed by atoms with Gasteiger partial charge in [0.2, 0.25) is 5.91 Å². The molecule has 3 rings (SSSR count). The van der Waals surface area contributed by atoms with E-state index in [1.165, 1.54) is 30.0 Å². The number of aromatic nitrogens is 3. The van der Waals surface area contributed by atoms with Gasteiger partial charge in [0.25, 0.3) is 5.56 Å². The Balaban J connectivity index is 1.83. The predicted molar refractivity (Wildman–Crippen MR) is 106 cm³/mol. The van der Waals surface area contributed by atoms with E-state index in [2.05, 4.69) is 11.4 Å². The first-order valence-electron chi connectivity index (χ1n) is 9.51. The van der Waals surface area contributed by atoms with E-state index in [-0.39, 0.29) is 23.6 Å². The zero-order valence-corrected chi connectivity index (χ0v) is 16.6. The summed E-state index contributed by atoms with van der Waals surface area (Å²) < 4.78 is 4.37. The van der Waals surface area contributed by atoms with Crippen molar-refractivity contribution in [2.75, 3.05) is 6.54 Å². The molecule has 1 aliphatic rings. The largest absolute Gasteiger partial charge is 0.355 e. The van der Waals surface area contributed by atoms with Crippen molar-refractivity contribution in [1.82, 2.24) is 19.0 Å². The van der Waals surface area contributed by atoms with Crippen LogP contribution < -0.4 is 16.6 Å². The number of carbonyl (C=O) groups is 1. The first-order chi connectivity index (χ1) is 12.8. The van der Waals surface area contributed by atoms with Crippen molar-refractivity contribution >= 4 is 16.9 Å². The molecule has 0 saturated heterocycles. The number of fused-ring (bicyclic) bond motifs is 1. The van der Waals surface area contributed by atoms with Crippen LogP contribution in [0.25, 0.3) is 11.0 Å². The number of hydrogen-bond acceptors (Lipinski definition) is 3. The minimum absolute atomic E-state index is 0.0992. The smallest absolute Gasteiger partial charge is 0.332 e. The molecule has 0 radical (unpaired) electrons. The lowest BCUT2D eigenvalue weighted by Crippen LogP contribution is -2.37. The van der Waals surface area contributed by atoms with Crippen molar-refractivity contribution in [3.05, 3.63) is 43.7 Å². The van der Waals surface area contributed by atoms with Crippen LogP contribution >= 0.6 is 0 Å². The van der Waals surface area contributed by atoms with E-state index in [9.17, 15) is 14.4 Å². The van der Waals surface area contributed by atoms with Crippen LogP contribution in [0, 0.1) is 6.92 Å². The maximum absolute atomic E-state index is 12.7. The molecular weight excluding hydrogens is 344 g/mol. The molecule has 0 spiro atoms. The standard InChI is InChI=1S/C20H28N4O3/c1-13-15(12-16(25)21-11-10-14-8-6-5-7-9-14)17-18(22(13)2)23(3)20(27)24(4)19(17)26/h8H,5-7,9-12H2,1-4H3,(H,21,25). The monoisotopic (exact) mass is 372 g/mol. The fourth-order valence-electron chi connectivity index (χ4n) is 3.97. The van der Waals surface area contributed by atoms with Gasteiger partial charge in [-0.05, 0) is 44.6 Å². The van der Waals surface area contributed by atoms with Crippen LogP contribution in [0.5, 0.6) is 0 Å². The fourth-order valence-corrected chi connectivity index (χ4v) is 3.97. The van der Waals surface area contributed by atoms with Gasteiger partial charge in [-0.3, -0.25) is 18.7 Å². The third-order valence-corrected chi connectivity index (χ3v) is 5.68. The molecule has 0 bridgehead atoms. The summed E-state index contributed by atoms with van der Waals surface area (Å²) in [4.78, 5) is 37.4. The van der Waals surface area contributed by atoms with Gasteiger partial charge in [0.05, 0.1) is 11.8 Å². The van der Waals surface area contributed by atoms with Gasteiger partial charge in [0.1, 0.15) is 5.65 Å². The highest BCUT2D eigenvalue weighted by Crippen LogP contribution is 2.22. The summed E-state index contributed by atoms with van der Waals surface area (Å²) in [6.45, 7) is 2.49. The molecule has 7 heteroatoms. The number of amides is 1. The van der Waals surface area contributed by atoms with Gasteiger partial charge < -0.3 is 9.88 Å². The lowest BCUT2D eigenvalue weighted by molar-refractivity contribution is -0.120. The van der Waals surface area contributed by atoms with Gasteiger partial charge in [-0.2, -0.15) is 0 Å². The van der Waals surface area contributed by atoms with E-state index in [4.69, 9.17) is 0 Å². The van der Waals surface area contributed by atoms with Gasteiger partial charge in [-0.15, -0.1) is 0 Å². The Morgan fingerprint density at radius 3 is 2.52 bits per heavy atom. The summed E-state index contributed by atoms with van der Waals surface area (Å²) in [5, 5.41) is 3.42. The predicted octanol–water partition coefficient (Wildman–Crippen LogP) is 1.43. The van der Waals surface area contributed by atoms with E-state index >= 15 is 0 Å². The highest BCUT2D eigenvalue weighted by Gasteiger charge is 2.21. The highest BCUT2D eigenvalue weighted by atomic mass is 16.2. The SMILES string of the molecule is Cc1c(CC(=O)NCCC2=CCCCC2)c2c(=O)n(C)c(=O)n(C)c2n1C. The van der Waals surface area contributed by atoms with E-state index in [1.54, 1.807) is 7.05 Å². The Labute approximate surface area is 158 Å². The fraction of sp³-hybridized carbons (Fsp3) is 0.550. The third kappa shape index (κ3) is 3.50. The van der Waals surface area contributed by atoms with Crippen LogP contribution in [-0.4, -0.2) is 26.2 Å². The van der Waals surface area contributed by atoms with Crippen LogP contribution in [-0.2, 0) is 32.4 Å². The van der Waals surface area contributed by atoms with E-state index < -0.39 is 0 Å². The average molecular weight is 372 g/mol. The van der Waals surface area contributed by atoms with Crippen LogP contribution in [0.2, 0.25) is 0 Å². The summed E-state index contributed by atoms with van der Waals surface area (Å²) in [6, 6.07) is 0. The molecule has 27 heavy (non-hydrogen) atoms. The number of carbonyl (C=O) groups excluding carboxylic acids is 1. The first kappa shape index (κ1) is 19.2. The van der Waals surface area contributed by atoms with Gasteiger partial charge >= 0.3 is 5.69 Å². The second-order valence-corrected chi connectivity index (χ2v) is 7.41. The highest BCUT2D eigenvalue weighted by molar-refractivity contribution is 5.88. The molecule has 0 fully saturated rings. The second-order valence-electron chi connectivity index (χ2n) is 7.41. The number of nitrogens with zero attached hydrogens (tertiary/aromatic N) is 3. The van der Waals surface area contributed by atoms with Crippen molar-refractivity contribution < 1.29 is 4.79 Å². The van der Waals surface area contributed by atoms with Crippen LogP contribution in [0.4, 0.5) is 0 Å². The zero-order chi connectivity index (χ0) is 19.7. The Morgan fingerprint density at radius 1 is 1.11 bits per heavy atom. The zero-order valence-electron chi connectivity index (χ0n) is 16.6. The molecule has 0 aliphatic heterocycles. The third-order valence-electron chi connectivity index (χ3n) is 5.68. The number of aryl methyl sites for hydroxylation is 2. The number of allylic oxidation sites excluding steroid dienone is 1. The van der Waals surface area contributed by atoms with Crippen LogP contribution in [0.3, 0.4) is 0 Å². The van der Waals surface area contributed by atoms with Crippen molar-refractivity contribution in [2.24, 2.45) is 21.1 Å². The van der Waals surface area contributed by atoms with Crippen molar-refractivity contribution in [3.63, 3.8) is 0 Å². The Bertz CT molecular complexity index is 1040. The second kappa shape index (κ2) is 7.58. The van der Waals surface area contributed by atoms with Gasteiger partial charge in [0, 0.05) is 33.4 Å². The maximum Gasteiger partial charge on any atom is 0.332 e. The quantitative estimate of drug-likeness (QED) is 0.807. The van der Waals surface area contributed by atoms with Gasteiger partial charge in [-0.25, -0.2) is 4.79 Å². The van der Waals surface area contributed by atoms with E-state index in [0.717, 1.165) is 29.5 Å². The molecule has 0 unspecified atom stereocenters. The Morgan fingerprint density at radius 2 is 1.85 bits per heavy atom. The van der Waals surface area contributed by atoms with Crippen molar-refractivity contribution in [2.45, 2.75) is 45.4 Å². The average Bonchev–Trinajstić information content (AvgIpc) is 2.90. The normalized spacial score (nSPS) is 14.4. The molecule has 1 aliphatic carbocycles. The van der Waals surface area contributed by atoms with Crippen LogP contribution in [0.15, 0.2) is 21.2 Å². The van der Waals surface area contributed by atoms with Crippen molar-refractivity contribution in [1.29, 1.82) is 0 Å². The Hall–Kier alpha value is -2.57. The first-order valence-corrected chi connectivity index (χ1v) is 9.51. The topological polar surface area (TPSA) is 78.0 Å². The molecule has 0 saturated carbocycles. The van der Waals surface area contributed by atoms with E-state index in [1.807, 2.05) is 18.5 Å². The van der Waals surface area contributed by atoms with E-state index in [0.29, 0.717) is 23.1 Å². The van der Waals surface area contributed by atoms with Crippen molar-refractivity contribution in [3.8, 4) is 0 Å². The molecule has 0 atom stereocenters. The molecule has 1 amide bonds. The minimum Gasteiger partial charge on any atom is -0.355 e. The number of rotatable bonds is 5. The summed E-state index contributed by atoms with van der Waals surface area (Å²) >= 11 is 0. The number of hydrogen-bond donors (Lipinski definition) is 1.